The van der Waals surface area contributed by atoms with Crippen LogP contribution in [0.25, 0.3) is 27.4 Å². The number of primary amides is 1. The number of sulfonamides is 1. The molecule has 1 aromatic heterocycles. The summed E-state index contributed by atoms with van der Waals surface area (Å²) in [6.07, 6.45) is -0.105. The third kappa shape index (κ3) is 4.82. The van der Waals surface area contributed by atoms with Gasteiger partial charge in [0.05, 0.1) is 43.8 Å². The van der Waals surface area contributed by atoms with Crippen LogP contribution >= 0.6 is 23.2 Å². The van der Waals surface area contributed by atoms with Gasteiger partial charge in [0.15, 0.2) is 0 Å². The molecule has 5 rings (SSSR count). The molecule has 0 aliphatic carbocycles. The lowest BCUT2D eigenvalue weighted by molar-refractivity contribution is -0.117. The number of nitrogens with zero attached hydrogens (tertiary/aromatic N) is 2. The number of nitrogens with one attached hydrogen (secondary N) is 1. The maximum Gasteiger partial charge on any atom is 0.258 e. The Bertz CT molecular complexity index is 1850. The van der Waals surface area contributed by atoms with Gasteiger partial charge in [-0.2, -0.15) is 5.10 Å². The third-order valence-corrected chi connectivity index (χ3v) is 7.49. The lowest BCUT2D eigenvalue weighted by Crippen LogP contribution is -2.14. The van der Waals surface area contributed by atoms with Gasteiger partial charge in [0, 0.05) is 16.5 Å². The van der Waals surface area contributed by atoms with E-state index in [-0.39, 0.29) is 26.9 Å². The van der Waals surface area contributed by atoms with Crippen LogP contribution in [-0.2, 0) is 21.2 Å². The summed E-state index contributed by atoms with van der Waals surface area (Å²) in [5.74, 6) is -1.03. The summed E-state index contributed by atoms with van der Waals surface area (Å²) in [6.45, 7) is 0. The number of carbonyl (C=O) groups is 2. The molecule has 0 aliphatic heterocycles. The van der Waals surface area contributed by atoms with Crippen molar-refractivity contribution in [2.75, 3.05) is 5.32 Å². The van der Waals surface area contributed by atoms with Gasteiger partial charge < -0.3 is 11.1 Å². The molecular weight excluding hydrogens is 549 g/mol. The van der Waals surface area contributed by atoms with E-state index in [1.807, 2.05) is 18.2 Å². The van der Waals surface area contributed by atoms with Gasteiger partial charge >= 0.3 is 0 Å². The van der Waals surface area contributed by atoms with Crippen molar-refractivity contribution in [3.63, 3.8) is 0 Å². The molecule has 1 heterocycles. The van der Waals surface area contributed by atoms with Crippen molar-refractivity contribution in [1.29, 1.82) is 0 Å². The largest absolute Gasteiger partial charge is 0.369 e. The second kappa shape index (κ2) is 9.73. The fourth-order valence-corrected chi connectivity index (χ4v) is 5.32. The molecule has 0 aliphatic rings. The van der Waals surface area contributed by atoms with E-state index >= 15 is 0 Å². The molecule has 0 saturated carbocycles. The molecule has 0 spiro atoms. The average molecular weight is 568 g/mol. The van der Waals surface area contributed by atoms with Crippen LogP contribution in [0.5, 0.6) is 0 Å². The fourth-order valence-electron chi connectivity index (χ4n) is 4.24. The van der Waals surface area contributed by atoms with E-state index < -0.39 is 21.8 Å². The molecule has 9 nitrogen and oxygen atoms in total. The molecule has 0 saturated heterocycles. The summed E-state index contributed by atoms with van der Waals surface area (Å²) in [5, 5.41) is 15.3. The minimum absolute atomic E-state index is 0.0526. The Kier molecular flexibility index (Phi) is 6.58. The predicted molar refractivity (Wildman–Crippen MR) is 147 cm³/mol. The highest BCUT2D eigenvalue weighted by Gasteiger charge is 2.19. The Balaban J connectivity index is 1.68. The Morgan fingerprint density at radius 3 is 2.21 bits per heavy atom. The van der Waals surface area contributed by atoms with Gasteiger partial charge in [-0.15, -0.1) is 0 Å². The summed E-state index contributed by atoms with van der Waals surface area (Å²) >= 11 is 12.4. The van der Waals surface area contributed by atoms with E-state index in [1.165, 1.54) is 12.1 Å². The van der Waals surface area contributed by atoms with Gasteiger partial charge in [-0.25, -0.2) is 18.2 Å². The molecule has 0 atom stereocenters. The van der Waals surface area contributed by atoms with Gasteiger partial charge in [-0.05, 0) is 53.9 Å². The van der Waals surface area contributed by atoms with Crippen LogP contribution in [0.4, 0.5) is 5.69 Å². The lowest BCUT2D eigenvalue weighted by Gasteiger charge is -2.11. The maximum absolute atomic E-state index is 13.0. The molecule has 0 bridgehead atoms. The number of fused-ring (bicyclic) bond motifs is 3. The van der Waals surface area contributed by atoms with Crippen LogP contribution in [0.2, 0.25) is 10.0 Å². The summed E-state index contributed by atoms with van der Waals surface area (Å²) < 4.78 is 25.0. The molecule has 5 aromatic rings. The number of aromatic nitrogens is 2. The highest BCUT2D eigenvalue weighted by Crippen LogP contribution is 2.33. The second-order valence-electron chi connectivity index (χ2n) is 8.49. The van der Waals surface area contributed by atoms with Crippen molar-refractivity contribution in [2.24, 2.45) is 10.9 Å². The first-order chi connectivity index (χ1) is 18.0. The summed E-state index contributed by atoms with van der Waals surface area (Å²) in [5.41, 5.74) is 7.70. The number of carbonyl (C=O) groups excluding carboxylic acids is 2. The second-order valence-corrected chi connectivity index (χ2v) is 10.9. The number of rotatable bonds is 6. The van der Waals surface area contributed by atoms with Crippen molar-refractivity contribution in [1.82, 2.24) is 9.78 Å². The van der Waals surface area contributed by atoms with Crippen LogP contribution in [0.3, 0.4) is 0 Å². The summed E-state index contributed by atoms with van der Waals surface area (Å²) in [7, 11) is -3.89. The van der Waals surface area contributed by atoms with E-state index in [2.05, 4.69) is 10.4 Å². The van der Waals surface area contributed by atoms with Gasteiger partial charge in [0.2, 0.25) is 15.9 Å². The van der Waals surface area contributed by atoms with Crippen molar-refractivity contribution in [3.05, 3.63) is 94.1 Å². The normalized spacial score (nSPS) is 11.7. The van der Waals surface area contributed by atoms with Crippen LogP contribution in [0, 0.1) is 0 Å². The Labute approximate surface area is 227 Å². The minimum Gasteiger partial charge on any atom is -0.369 e. The number of primary sulfonamides is 1. The zero-order valence-electron chi connectivity index (χ0n) is 19.5. The highest BCUT2D eigenvalue weighted by molar-refractivity contribution is 7.89. The number of nitrogens with two attached hydrogens (primary N) is 2. The molecule has 0 fully saturated rings. The molecular formula is C26H19Cl2N5O4S. The summed E-state index contributed by atoms with van der Waals surface area (Å²) in [6, 6.07) is 19.7. The average Bonchev–Trinajstić information content (AvgIpc) is 3.21. The van der Waals surface area contributed by atoms with E-state index in [4.69, 9.17) is 34.1 Å². The molecule has 4 aromatic carbocycles. The van der Waals surface area contributed by atoms with Gasteiger partial charge in [0.1, 0.15) is 0 Å². The first-order valence-corrected chi connectivity index (χ1v) is 13.4. The van der Waals surface area contributed by atoms with E-state index in [0.717, 1.165) is 5.39 Å². The van der Waals surface area contributed by atoms with Gasteiger partial charge in [-0.1, -0.05) is 47.5 Å². The van der Waals surface area contributed by atoms with Crippen molar-refractivity contribution in [2.45, 2.75) is 11.3 Å². The standard InChI is InChI=1S/C26H19Cl2N5O4S/c27-20-2-1-3-21(28)24(20)26(35)31-15-6-4-14-5-11-18-22(13-23(29)34)32-33(25(18)19(14)12-15)16-7-9-17(10-8-16)38(30,36)37/h1-12H,13H2,(H2,29,34)(H,31,35)(H2,30,36,37). The zero-order valence-corrected chi connectivity index (χ0v) is 21.8. The number of anilines is 1. The quantitative estimate of drug-likeness (QED) is 0.277. The van der Waals surface area contributed by atoms with E-state index in [0.29, 0.717) is 33.4 Å². The predicted octanol–water partition coefficient (Wildman–Crippen LogP) is 4.41. The summed E-state index contributed by atoms with van der Waals surface area (Å²) in [4.78, 5) is 24.7. The van der Waals surface area contributed by atoms with Crippen LogP contribution < -0.4 is 16.2 Å². The molecule has 2 amide bonds. The maximum atomic E-state index is 13.0. The minimum atomic E-state index is -3.89. The van der Waals surface area contributed by atoms with Crippen LogP contribution in [0.1, 0.15) is 16.1 Å². The number of amides is 2. The number of benzene rings is 4. The van der Waals surface area contributed by atoms with Gasteiger partial charge in [-0.3, -0.25) is 9.59 Å². The Hall–Kier alpha value is -3.96. The van der Waals surface area contributed by atoms with Crippen molar-refractivity contribution >= 4 is 72.4 Å². The van der Waals surface area contributed by atoms with Crippen LogP contribution in [0.15, 0.2) is 77.7 Å². The van der Waals surface area contributed by atoms with Crippen molar-refractivity contribution < 1.29 is 18.0 Å². The molecule has 5 N–H and O–H groups in total. The molecule has 12 heteroatoms. The smallest absolute Gasteiger partial charge is 0.258 e. The molecule has 192 valence electrons. The number of halogens is 2. The van der Waals surface area contributed by atoms with E-state index in [9.17, 15) is 18.0 Å². The fraction of sp³-hybridized carbons (Fsp3) is 0.0385. The topological polar surface area (TPSA) is 150 Å². The number of hydrogen-bond donors (Lipinski definition) is 3. The van der Waals surface area contributed by atoms with Crippen LogP contribution in [-0.4, -0.2) is 30.0 Å². The lowest BCUT2D eigenvalue weighted by atomic mass is 10.0. The molecule has 0 radical (unpaired) electrons. The molecule has 38 heavy (non-hydrogen) atoms. The third-order valence-electron chi connectivity index (χ3n) is 5.94. The zero-order chi connectivity index (χ0) is 27.2. The van der Waals surface area contributed by atoms with Gasteiger partial charge in [0.25, 0.3) is 5.91 Å². The van der Waals surface area contributed by atoms with E-state index in [1.54, 1.807) is 47.1 Å². The highest BCUT2D eigenvalue weighted by atomic mass is 35.5. The molecule has 0 unspecified atom stereocenters. The monoisotopic (exact) mass is 567 g/mol. The van der Waals surface area contributed by atoms with Crippen molar-refractivity contribution in [3.8, 4) is 5.69 Å². The SMILES string of the molecule is NC(=O)Cc1nn(-c2ccc(S(N)(=O)=O)cc2)c2c1ccc1ccc(NC(=O)c3c(Cl)cccc3Cl)cc12. The Morgan fingerprint density at radius 2 is 1.58 bits per heavy atom. The Morgan fingerprint density at radius 1 is 0.921 bits per heavy atom. The first kappa shape index (κ1) is 25.7. The number of hydrogen-bond acceptors (Lipinski definition) is 5. The first-order valence-electron chi connectivity index (χ1n) is 11.1.